The molecule has 1 heterocycles. The first-order chi connectivity index (χ1) is 13.9. The van der Waals surface area contributed by atoms with Crippen molar-refractivity contribution in [1.29, 1.82) is 0 Å². The lowest BCUT2D eigenvalue weighted by Crippen LogP contribution is -2.14. The van der Waals surface area contributed by atoms with E-state index in [4.69, 9.17) is 0 Å². The summed E-state index contributed by atoms with van der Waals surface area (Å²) in [7, 11) is -3.68. The highest BCUT2D eigenvalue weighted by molar-refractivity contribution is 7.92. The van der Waals surface area contributed by atoms with Gasteiger partial charge in [0, 0.05) is 16.8 Å². The van der Waals surface area contributed by atoms with Crippen LogP contribution in [0.3, 0.4) is 0 Å². The fourth-order valence-corrected chi connectivity index (χ4v) is 3.97. The SMILES string of the molecule is Cc1ccc(S(=O)(=O)Nc2ccc(NC(=O)c3cccc4cn[nH]c34)cc2)cc1. The van der Waals surface area contributed by atoms with Crippen LogP contribution in [0.1, 0.15) is 15.9 Å². The number of nitrogens with one attached hydrogen (secondary N) is 3. The summed E-state index contributed by atoms with van der Waals surface area (Å²) in [6.45, 7) is 1.89. The van der Waals surface area contributed by atoms with Crippen molar-refractivity contribution in [2.45, 2.75) is 11.8 Å². The second-order valence-electron chi connectivity index (χ2n) is 6.59. The van der Waals surface area contributed by atoms with Crippen molar-refractivity contribution >= 4 is 38.2 Å². The Morgan fingerprint density at radius 3 is 2.34 bits per heavy atom. The zero-order valence-corrected chi connectivity index (χ0v) is 16.3. The molecular formula is C21H18N4O3S. The molecule has 3 N–H and O–H groups in total. The van der Waals surface area contributed by atoms with Crippen LogP contribution in [-0.2, 0) is 10.0 Å². The summed E-state index contributed by atoms with van der Waals surface area (Å²) in [6, 6.07) is 18.4. The number of H-pyrrole nitrogens is 1. The van der Waals surface area contributed by atoms with Crippen molar-refractivity contribution in [2.75, 3.05) is 10.0 Å². The van der Waals surface area contributed by atoms with E-state index in [1.807, 2.05) is 13.0 Å². The molecule has 0 radical (unpaired) electrons. The van der Waals surface area contributed by atoms with Crippen molar-refractivity contribution < 1.29 is 13.2 Å². The van der Waals surface area contributed by atoms with Gasteiger partial charge in [0.05, 0.1) is 22.2 Å². The topological polar surface area (TPSA) is 104 Å². The third-order valence-electron chi connectivity index (χ3n) is 4.45. The Bertz CT molecular complexity index is 1280. The van der Waals surface area contributed by atoms with E-state index in [2.05, 4.69) is 20.2 Å². The van der Waals surface area contributed by atoms with Crippen LogP contribution in [0.25, 0.3) is 10.9 Å². The maximum Gasteiger partial charge on any atom is 0.261 e. The van der Waals surface area contributed by atoms with Crippen LogP contribution >= 0.6 is 0 Å². The molecule has 1 amide bonds. The lowest BCUT2D eigenvalue weighted by molar-refractivity contribution is 0.102. The second-order valence-corrected chi connectivity index (χ2v) is 8.27. The number of hydrogen-bond donors (Lipinski definition) is 3. The van der Waals surface area contributed by atoms with E-state index in [-0.39, 0.29) is 10.8 Å². The van der Waals surface area contributed by atoms with Gasteiger partial charge in [0.2, 0.25) is 0 Å². The minimum atomic E-state index is -3.68. The highest BCUT2D eigenvalue weighted by atomic mass is 32.2. The quantitative estimate of drug-likeness (QED) is 0.467. The number of anilines is 2. The largest absolute Gasteiger partial charge is 0.322 e. The van der Waals surface area contributed by atoms with Crippen LogP contribution in [0.4, 0.5) is 11.4 Å². The predicted molar refractivity (Wildman–Crippen MR) is 112 cm³/mol. The molecule has 0 saturated heterocycles. The minimum absolute atomic E-state index is 0.188. The van der Waals surface area contributed by atoms with E-state index in [1.54, 1.807) is 66.9 Å². The number of rotatable bonds is 5. The van der Waals surface area contributed by atoms with E-state index in [0.717, 1.165) is 10.9 Å². The second kappa shape index (κ2) is 7.40. The van der Waals surface area contributed by atoms with Crippen molar-refractivity contribution in [3.8, 4) is 0 Å². The van der Waals surface area contributed by atoms with Crippen molar-refractivity contribution in [3.63, 3.8) is 0 Å². The van der Waals surface area contributed by atoms with Crippen LogP contribution in [-0.4, -0.2) is 24.5 Å². The van der Waals surface area contributed by atoms with Crippen LogP contribution in [0.15, 0.2) is 77.8 Å². The number of carbonyl (C=O) groups is 1. The van der Waals surface area contributed by atoms with Crippen molar-refractivity contribution in [3.05, 3.63) is 84.1 Å². The highest BCUT2D eigenvalue weighted by Crippen LogP contribution is 2.21. The smallest absolute Gasteiger partial charge is 0.261 e. The first-order valence-corrected chi connectivity index (χ1v) is 10.3. The molecule has 29 heavy (non-hydrogen) atoms. The summed E-state index contributed by atoms with van der Waals surface area (Å²) in [6.07, 6.45) is 1.65. The Labute approximate surface area is 167 Å². The predicted octanol–water partition coefficient (Wildman–Crippen LogP) is 3.92. The summed E-state index contributed by atoms with van der Waals surface area (Å²) in [5, 5.41) is 10.4. The van der Waals surface area contributed by atoms with Crippen LogP contribution in [0.2, 0.25) is 0 Å². The average molecular weight is 406 g/mol. The standard InChI is InChI=1S/C21H18N4O3S/c1-14-5-11-18(12-6-14)29(27,28)25-17-9-7-16(8-10-17)23-21(26)19-4-2-3-15-13-22-24-20(15)19/h2-13,25H,1H3,(H,22,24)(H,23,26). The molecule has 8 heteroatoms. The van der Waals surface area contributed by atoms with Crippen LogP contribution in [0.5, 0.6) is 0 Å². The Hall–Kier alpha value is -3.65. The monoisotopic (exact) mass is 406 g/mol. The minimum Gasteiger partial charge on any atom is -0.322 e. The molecule has 0 atom stereocenters. The molecule has 0 aliphatic carbocycles. The molecule has 0 spiro atoms. The number of aromatic nitrogens is 2. The van der Waals surface area contributed by atoms with E-state index >= 15 is 0 Å². The zero-order chi connectivity index (χ0) is 20.4. The number of para-hydroxylation sites is 1. The first kappa shape index (κ1) is 18.7. The number of benzene rings is 3. The summed E-state index contributed by atoms with van der Waals surface area (Å²) < 4.78 is 27.5. The van der Waals surface area contributed by atoms with Crippen molar-refractivity contribution in [2.24, 2.45) is 0 Å². The van der Waals surface area contributed by atoms with Gasteiger partial charge in [-0.1, -0.05) is 29.8 Å². The van der Waals surface area contributed by atoms with E-state index in [9.17, 15) is 13.2 Å². The van der Waals surface area contributed by atoms with E-state index in [1.165, 1.54) is 0 Å². The number of nitrogens with zero attached hydrogens (tertiary/aromatic N) is 1. The van der Waals surface area contributed by atoms with Gasteiger partial charge >= 0.3 is 0 Å². The molecule has 0 saturated carbocycles. The molecule has 0 fully saturated rings. The first-order valence-electron chi connectivity index (χ1n) is 8.85. The molecule has 7 nitrogen and oxygen atoms in total. The number of aromatic amines is 1. The third-order valence-corrected chi connectivity index (χ3v) is 5.84. The Morgan fingerprint density at radius 2 is 1.62 bits per heavy atom. The fourth-order valence-electron chi connectivity index (χ4n) is 2.91. The maximum atomic E-state index is 12.6. The average Bonchev–Trinajstić information content (AvgIpc) is 3.18. The molecule has 0 aliphatic rings. The van der Waals surface area contributed by atoms with E-state index in [0.29, 0.717) is 22.5 Å². The molecule has 0 unspecified atom stereocenters. The molecule has 1 aromatic heterocycles. The Morgan fingerprint density at radius 1 is 0.931 bits per heavy atom. The molecule has 4 rings (SSSR count). The number of fused-ring (bicyclic) bond motifs is 1. The lowest BCUT2D eigenvalue weighted by atomic mass is 10.1. The fraction of sp³-hybridized carbons (Fsp3) is 0.0476. The van der Waals surface area contributed by atoms with Gasteiger partial charge in [-0.3, -0.25) is 14.6 Å². The van der Waals surface area contributed by atoms with Gasteiger partial charge in [-0.25, -0.2) is 8.42 Å². The zero-order valence-electron chi connectivity index (χ0n) is 15.5. The molecule has 4 aromatic rings. The summed E-state index contributed by atoms with van der Waals surface area (Å²) >= 11 is 0. The number of aryl methyl sites for hydroxylation is 1. The molecule has 3 aromatic carbocycles. The number of sulfonamides is 1. The highest BCUT2D eigenvalue weighted by Gasteiger charge is 2.14. The summed E-state index contributed by atoms with van der Waals surface area (Å²) in [5.41, 5.74) is 3.07. The Balaban J connectivity index is 1.48. The lowest BCUT2D eigenvalue weighted by Gasteiger charge is -2.10. The van der Waals surface area contributed by atoms with Gasteiger partial charge in [0.15, 0.2) is 0 Å². The van der Waals surface area contributed by atoms with Crippen LogP contribution < -0.4 is 10.0 Å². The Kier molecular flexibility index (Phi) is 4.77. The van der Waals surface area contributed by atoms with Gasteiger partial charge in [-0.15, -0.1) is 0 Å². The van der Waals surface area contributed by atoms with Gasteiger partial charge in [-0.2, -0.15) is 5.10 Å². The normalized spacial score (nSPS) is 11.3. The van der Waals surface area contributed by atoms with Crippen LogP contribution in [0, 0.1) is 6.92 Å². The summed E-state index contributed by atoms with van der Waals surface area (Å²) in [4.78, 5) is 12.8. The third kappa shape index (κ3) is 3.97. The molecule has 146 valence electrons. The maximum absolute atomic E-state index is 12.6. The molecule has 0 bridgehead atoms. The van der Waals surface area contributed by atoms with Gasteiger partial charge in [0.1, 0.15) is 0 Å². The van der Waals surface area contributed by atoms with Gasteiger partial charge in [0.25, 0.3) is 15.9 Å². The number of carbonyl (C=O) groups excluding carboxylic acids is 1. The molecule has 0 aliphatic heterocycles. The van der Waals surface area contributed by atoms with Gasteiger partial charge in [-0.05, 0) is 49.4 Å². The number of hydrogen-bond acceptors (Lipinski definition) is 4. The van der Waals surface area contributed by atoms with Gasteiger partial charge < -0.3 is 5.32 Å². The summed E-state index contributed by atoms with van der Waals surface area (Å²) in [5.74, 6) is -0.284. The van der Waals surface area contributed by atoms with E-state index < -0.39 is 10.0 Å². The number of amides is 1. The molecular weight excluding hydrogens is 388 g/mol. The van der Waals surface area contributed by atoms with Crippen molar-refractivity contribution in [1.82, 2.24) is 10.2 Å².